The predicted molar refractivity (Wildman–Crippen MR) is 132 cm³/mol. The number of sulfonamides is 1. The second-order valence-electron chi connectivity index (χ2n) is 8.27. The van der Waals surface area contributed by atoms with Crippen LogP contribution in [-0.2, 0) is 27.8 Å². The van der Waals surface area contributed by atoms with Gasteiger partial charge in [-0.15, -0.1) is 0 Å². The van der Waals surface area contributed by atoms with E-state index in [4.69, 9.17) is 9.15 Å². The minimum Gasteiger partial charge on any atom is -0.468 e. The molecule has 35 heavy (non-hydrogen) atoms. The highest BCUT2D eigenvalue weighted by Crippen LogP contribution is 2.24. The summed E-state index contributed by atoms with van der Waals surface area (Å²) in [7, 11) is -4.12. The number of nitrogens with one attached hydrogen (secondary N) is 1. The molecular weight excluding hydrogens is 468 g/mol. The maximum Gasteiger partial charge on any atom is 0.338 e. The number of esters is 1. The summed E-state index contributed by atoms with van der Waals surface area (Å²) in [5, 5.41) is 0.838. The van der Waals surface area contributed by atoms with Crippen LogP contribution in [0.15, 0.2) is 75.0 Å². The van der Waals surface area contributed by atoms with Gasteiger partial charge in [-0.1, -0.05) is 12.1 Å². The van der Waals surface area contributed by atoms with Gasteiger partial charge in [0.25, 0.3) is 5.56 Å². The number of aromatic nitrogens is 1. The van der Waals surface area contributed by atoms with E-state index in [9.17, 15) is 18.0 Å². The molecule has 0 fully saturated rings. The molecule has 2 aromatic heterocycles. The molecule has 4 rings (SSSR count). The first kappa shape index (κ1) is 24.4. The van der Waals surface area contributed by atoms with Crippen molar-refractivity contribution < 1.29 is 22.4 Å². The molecule has 4 aromatic rings. The molecule has 0 aliphatic rings. The van der Waals surface area contributed by atoms with E-state index < -0.39 is 16.0 Å². The fourth-order valence-corrected chi connectivity index (χ4v) is 5.40. The van der Waals surface area contributed by atoms with E-state index in [0.717, 1.165) is 20.8 Å². The lowest BCUT2D eigenvalue weighted by atomic mass is 10.0. The number of furan rings is 1. The van der Waals surface area contributed by atoms with E-state index in [1.165, 1.54) is 30.5 Å². The standard InChI is InChI=1S/C26H26N2O6S/c1-4-33-26(30)19-7-5-9-22(13-19)35(31,32)28(16-21-8-6-10-34-21)15-20-14-23-18(3)11-17(2)12-24(23)27-25(20)29/h5-14H,4,15-16H2,1-3H3,(H,27,29). The Morgan fingerprint density at radius 1 is 1.06 bits per heavy atom. The van der Waals surface area contributed by atoms with Crippen molar-refractivity contribution in [3.63, 3.8) is 0 Å². The van der Waals surface area contributed by atoms with Crippen LogP contribution >= 0.6 is 0 Å². The van der Waals surface area contributed by atoms with E-state index in [2.05, 4.69) is 4.98 Å². The topological polar surface area (TPSA) is 110 Å². The summed E-state index contributed by atoms with van der Waals surface area (Å²) >= 11 is 0. The number of fused-ring (bicyclic) bond motifs is 1. The summed E-state index contributed by atoms with van der Waals surface area (Å²) < 4.78 is 39.0. The van der Waals surface area contributed by atoms with Crippen LogP contribution < -0.4 is 5.56 Å². The number of aryl methyl sites for hydroxylation is 2. The number of carbonyl (C=O) groups excluding carboxylic acids is 1. The van der Waals surface area contributed by atoms with Crippen molar-refractivity contribution in [1.29, 1.82) is 0 Å². The number of aromatic amines is 1. The van der Waals surface area contributed by atoms with Crippen LogP contribution in [0.4, 0.5) is 0 Å². The molecule has 0 bridgehead atoms. The Bertz CT molecular complexity index is 1540. The lowest BCUT2D eigenvalue weighted by Gasteiger charge is -2.22. The molecule has 0 spiro atoms. The Morgan fingerprint density at radius 2 is 1.86 bits per heavy atom. The van der Waals surface area contributed by atoms with Crippen molar-refractivity contribution in [1.82, 2.24) is 9.29 Å². The first-order valence-electron chi connectivity index (χ1n) is 11.1. The Kier molecular flexibility index (Phi) is 6.90. The van der Waals surface area contributed by atoms with Crippen LogP contribution in [0.3, 0.4) is 0 Å². The number of hydrogen-bond acceptors (Lipinski definition) is 6. The summed E-state index contributed by atoms with van der Waals surface area (Å²) in [6, 6.07) is 14.6. The molecule has 0 radical (unpaired) electrons. The monoisotopic (exact) mass is 494 g/mol. The second-order valence-corrected chi connectivity index (χ2v) is 10.2. The Labute approximate surface area is 203 Å². The maximum atomic E-state index is 13.7. The summed E-state index contributed by atoms with van der Waals surface area (Å²) in [6.07, 6.45) is 1.45. The van der Waals surface area contributed by atoms with Crippen LogP contribution in [0.1, 0.15) is 39.7 Å². The Balaban J connectivity index is 1.77. The zero-order valence-corrected chi connectivity index (χ0v) is 20.5. The Morgan fingerprint density at radius 3 is 2.57 bits per heavy atom. The highest BCUT2D eigenvalue weighted by atomic mass is 32.2. The SMILES string of the molecule is CCOC(=O)c1cccc(S(=O)(=O)N(Cc2ccco2)Cc2cc3c(C)cc(C)cc3[nH]c2=O)c1. The first-order valence-corrected chi connectivity index (χ1v) is 12.6. The summed E-state index contributed by atoms with van der Waals surface area (Å²) in [5.74, 6) is -0.196. The average molecular weight is 495 g/mol. The summed E-state index contributed by atoms with van der Waals surface area (Å²) in [6.45, 7) is 5.45. The molecule has 8 nitrogen and oxygen atoms in total. The quantitative estimate of drug-likeness (QED) is 0.366. The number of benzene rings is 2. The third-order valence-corrected chi connectivity index (χ3v) is 7.42. The molecule has 2 heterocycles. The van der Waals surface area contributed by atoms with E-state index in [-0.39, 0.29) is 35.7 Å². The minimum atomic E-state index is -4.12. The summed E-state index contributed by atoms with van der Waals surface area (Å²) in [4.78, 5) is 27.9. The van der Waals surface area contributed by atoms with Gasteiger partial charge >= 0.3 is 5.97 Å². The zero-order chi connectivity index (χ0) is 25.2. The van der Waals surface area contributed by atoms with Gasteiger partial charge in [0.15, 0.2) is 0 Å². The molecule has 2 aromatic carbocycles. The highest BCUT2D eigenvalue weighted by molar-refractivity contribution is 7.89. The smallest absolute Gasteiger partial charge is 0.338 e. The van der Waals surface area contributed by atoms with Crippen molar-refractivity contribution in [2.75, 3.05) is 6.61 Å². The lowest BCUT2D eigenvalue weighted by Crippen LogP contribution is -2.32. The van der Waals surface area contributed by atoms with Crippen molar-refractivity contribution >= 4 is 26.9 Å². The van der Waals surface area contributed by atoms with E-state index in [0.29, 0.717) is 16.8 Å². The van der Waals surface area contributed by atoms with Gasteiger partial charge in [0.2, 0.25) is 10.0 Å². The first-order chi connectivity index (χ1) is 16.7. The van der Waals surface area contributed by atoms with Crippen LogP contribution in [0, 0.1) is 13.8 Å². The van der Waals surface area contributed by atoms with E-state index >= 15 is 0 Å². The predicted octanol–water partition coefficient (Wildman–Crippen LogP) is 4.31. The molecule has 0 saturated heterocycles. The van der Waals surface area contributed by atoms with Crippen molar-refractivity contribution in [2.45, 2.75) is 38.8 Å². The van der Waals surface area contributed by atoms with Gasteiger partial charge in [0.1, 0.15) is 5.76 Å². The zero-order valence-electron chi connectivity index (χ0n) is 19.7. The maximum absolute atomic E-state index is 13.7. The van der Waals surface area contributed by atoms with Crippen LogP contribution in [0.5, 0.6) is 0 Å². The Hall–Kier alpha value is -3.69. The number of hydrogen-bond donors (Lipinski definition) is 1. The highest BCUT2D eigenvalue weighted by Gasteiger charge is 2.28. The average Bonchev–Trinajstić information content (AvgIpc) is 3.33. The van der Waals surface area contributed by atoms with Gasteiger partial charge in [-0.05, 0) is 74.4 Å². The molecule has 0 unspecified atom stereocenters. The molecule has 0 saturated carbocycles. The van der Waals surface area contributed by atoms with Crippen molar-refractivity contribution in [3.05, 3.63) is 99.2 Å². The van der Waals surface area contributed by atoms with Crippen molar-refractivity contribution in [2.24, 2.45) is 0 Å². The third kappa shape index (κ3) is 5.21. The molecule has 9 heteroatoms. The normalized spacial score (nSPS) is 11.8. The largest absolute Gasteiger partial charge is 0.468 e. The lowest BCUT2D eigenvalue weighted by molar-refractivity contribution is 0.0526. The second kappa shape index (κ2) is 9.89. The van der Waals surface area contributed by atoms with Crippen LogP contribution in [0.2, 0.25) is 0 Å². The van der Waals surface area contributed by atoms with Gasteiger partial charge in [-0.2, -0.15) is 4.31 Å². The van der Waals surface area contributed by atoms with Gasteiger partial charge in [0.05, 0.1) is 29.9 Å². The molecule has 1 N–H and O–H groups in total. The van der Waals surface area contributed by atoms with Crippen LogP contribution in [0.25, 0.3) is 10.9 Å². The number of ether oxygens (including phenoxy) is 1. The number of rotatable bonds is 8. The van der Waals surface area contributed by atoms with Crippen molar-refractivity contribution in [3.8, 4) is 0 Å². The minimum absolute atomic E-state index is 0.0846. The fraction of sp³-hybridized carbons (Fsp3) is 0.231. The van der Waals surface area contributed by atoms with Crippen LogP contribution in [-0.4, -0.2) is 30.3 Å². The van der Waals surface area contributed by atoms with Gasteiger partial charge in [-0.25, -0.2) is 13.2 Å². The molecule has 182 valence electrons. The van der Waals surface area contributed by atoms with E-state index in [1.807, 2.05) is 26.0 Å². The molecule has 0 aliphatic carbocycles. The number of H-pyrrole nitrogens is 1. The van der Waals surface area contributed by atoms with Gasteiger partial charge in [-0.3, -0.25) is 4.79 Å². The molecule has 0 atom stereocenters. The number of pyridine rings is 1. The van der Waals surface area contributed by atoms with Gasteiger partial charge in [0, 0.05) is 23.0 Å². The molecule has 0 aliphatic heterocycles. The van der Waals surface area contributed by atoms with Gasteiger partial charge < -0.3 is 14.1 Å². The van der Waals surface area contributed by atoms with E-state index in [1.54, 1.807) is 25.1 Å². The number of carbonyl (C=O) groups is 1. The third-order valence-electron chi connectivity index (χ3n) is 5.63. The summed E-state index contributed by atoms with van der Waals surface area (Å²) in [5.41, 5.74) is 2.73. The molecular formula is C26H26N2O6S. The fourth-order valence-electron chi connectivity index (χ4n) is 3.97. The number of nitrogens with zero attached hydrogens (tertiary/aromatic N) is 1. The molecule has 0 amide bonds.